The number of rotatable bonds is 3. The highest BCUT2D eigenvalue weighted by Gasteiger charge is 2.25. The summed E-state index contributed by atoms with van der Waals surface area (Å²) < 4.78 is 0. The van der Waals surface area contributed by atoms with E-state index in [0.29, 0.717) is 20.9 Å². The summed E-state index contributed by atoms with van der Waals surface area (Å²) in [4.78, 5) is 18.4. The van der Waals surface area contributed by atoms with E-state index < -0.39 is 0 Å². The molecule has 2 rings (SSSR count). The number of thioether (sulfide) groups is 1. The molecule has 1 aromatic heterocycles. The van der Waals surface area contributed by atoms with Gasteiger partial charge in [-0.2, -0.15) is 5.26 Å². The topological polar surface area (TPSA) is 79.2 Å². The number of ketones is 1. The molecule has 4 nitrogen and oxygen atoms in total. The smallest absolute Gasteiger partial charge is 0.205 e. The van der Waals surface area contributed by atoms with Crippen LogP contribution in [0.15, 0.2) is 35.3 Å². The minimum absolute atomic E-state index is 0.169. The molecule has 1 heterocycles. The standard InChI is InChI=1S/C18H19N3OS2/c1-18(2,3)21-17(23-4)15-12(10-19)13(20)16(24-15)14(22)11-8-6-5-7-9-11/h5-9H,20H2,1-4H3. The Balaban J connectivity index is 2.59. The van der Waals surface area contributed by atoms with Crippen LogP contribution in [0.5, 0.6) is 0 Å². The lowest BCUT2D eigenvalue weighted by atomic mass is 10.1. The number of hydrogen-bond acceptors (Lipinski definition) is 6. The van der Waals surface area contributed by atoms with E-state index in [4.69, 9.17) is 5.73 Å². The van der Waals surface area contributed by atoms with Crippen LogP contribution in [0, 0.1) is 11.3 Å². The molecule has 0 aliphatic carbocycles. The van der Waals surface area contributed by atoms with Crippen molar-refractivity contribution >= 4 is 39.6 Å². The van der Waals surface area contributed by atoms with Crippen LogP contribution in [0.1, 0.15) is 46.4 Å². The molecule has 124 valence electrons. The molecule has 24 heavy (non-hydrogen) atoms. The average molecular weight is 358 g/mol. The quantitative estimate of drug-likeness (QED) is 0.503. The minimum Gasteiger partial charge on any atom is -0.396 e. The van der Waals surface area contributed by atoms with Crippen molar-refractivity contribution in [2.45, 2.75) is 26.3 Å². The van der Waals surface area contributed by atoms with Crippen LogP contribution in [0.2, 0.25) is 0 Å². The van der Waals surface area contributed by atoms with Crippen molar-refractivity contribution < 1.29 is 4.79 Å². The van der Waals surface area contributed by atoms with Crippen molar-refractivity contribution in [2.75, 3.05) is 12.0 Å². The number of nitrogen functional groups attached to an aromatic ring is 1. The van der Waals surface area contributed by atoms with E-state index in [1.54, 1.807) is 24.3 Å². The fourth-order valence-electron chi connectivity index (χ4n) is 2.09. The van der Waals surface area contributed by atoms with Gasteiger partial charge in [-0.05, 0) is 27.0 Å². The van der Waals surface area contributed by atoms with Gasteiger partial charge < -0.3 is 5.73 Å². The first-order valence-electron chi connectivity index (χ1n) is 7.34. The van der Waals surface area contributed by atoms with Crippen LogP contribution in [0.25, 0.3) is 0 Å². The molecular formula is C18H19N3OS2. The van der Waals surface area contributed by atoms with Gasteiger partial charge in [0.25, 0.3) is 0 Å². The second-order valence-electron chi connectivity index (χ2n) is 6.15. The van der Waals surface area contributed by atoms with E-state index in [2.05, 4.69) is 11.1 Å². The van der Waals surface area contributed by atoms with E-state index in [0.717, 1.165) is 5.04 Å². The highest BCUT2D eigenvalue weighted by molar-refractivity contribution is 8.14. The molecule has 0 aliphatic heterocycles. The molecule has 0 unspecified atom stereocenters. The fraction of sp³-hybridized carbons (Fsp3) is 0.278. The minimum atomic E-state index is -0.284. The summed E-state index contributed by atoms with van der Waals surface area (Å²) in [5.41, 5.74) is 6.95. The van der Waals surface area contributed by atoms with Crippen LogP contribution in [-0.2, 0) is 0 Å². The molecule has 0 amide bonds. The Morgan fingerprint density at radius 1 is 1.25 bits per heavy atom. The number of benzene rings is 1. The monoisotopic (exact) mass is 357 g/mol. The number of anilines is 1. The zero-order chi connectivity index (χ0) is 17.9. The zero-order valence-electron chi connectivity index (χ0n) is 14.1. The third-order valence-electron chi connectivity index (χ3n) is 3.12. The summed E-state index contributed by atoms with van der Waals surface area (Å²) >= 11 is 2.69. The summed E-state index contributed by atoms with van der Waals surface area (Å²) in [6.45, 7) is 5.97. The number of nitrogens with zero attached hydrogens (tertiary/aromatic N) is 2. The van der Waals surface area contributed by atoms with Gasteiger partial charge in [0, 0.05) is 5.56 Å². The van der Waals surface area contributed by atoms with E-state index in [-0.39, 0.29) is 17.0 Å². The summed E-state index contributed by atoms with van der Waals surface area (Å²) in [5, 5.41) is 10.2. The zero-order valence-corrected chi connectivity index (χ0v) is 15.7. The van der Waals surface area contributed by atoms with Crippen LogP contribution in [-0.4, -0.2) is 22.6 Å². The van der Waals surface area contributed by atoms with Crippen molar-refractivity contribution in [3.8, 4) is 6.07 Å². The van der Waals surface area contributed by atoms with Crippen LogP contribution < -0.4 is 5.73 Å². The normalized spacial score (nSPS) is 12.0. The maximum absolute atomic E-state index is 12.7. The summed E-state index contributed by atoms with van der Waals surface area (Å²) in [6.07, 6.45) is 1.90. The molecule has 0 fully saturated rings. The van der Waals surface area contributed by atoms with Crippen LogP contribution >= 0.6 is 23.1 Å². The number of carbonyl (C=O) groups is 1. The van der Waals surface area contributed by atoms with E-state index in [1.165, 1.54) is 23.1 Å². The highest BCUT2D eigenvalue weighted by atomic mass is 32.2. The molecule has 1 aromatic carbocycles. The van der Waals surface area contributed by atoms with Crippen LogP contribution in [0.3, 0.4) is 0 Å². The number of nitrogens with two attached hydrogens (primary N) is 1. The molecule has 6 heteroatoms. The summed E-state index contributed by atoms with van der Waals surface area (Å²) in [7, 11) is 0. The maximum Gasteiger partial charge on any atom is 0.205 e. The first-order chi connectivity index (χ1) is 11.3. The third-order valence-corrected chi connectivity index (χ3v) is 5.15. The molecule has 0 saturated heterocycles. The molecule has 0 saturated carbocycles. The molecule has 2 aromatic rings. The second-order valence-corrected chi connectivity index (χ2v) is 7.96. The number of hydrogen-bond donors (Lipinski definition) is 1. The van der Waals surface area contributed by atoms with Gasteiger partial charge in [-0.25, -0.2) is 0 Å². The molecule has 2 N–H and O–H groups in total. The second kappa shape index (κ2) is 7.20. The van der Waals surface area contributed by atoms with Crippen LogP contribution in [0.4, 0.5) is 5.69 Å². The third kappa shape index (κ3) is 3.86. The van der Waals surface area contributed by atoms with Crippen molar-refractivity contribution in [1.82, 2.24) is 0 Å². The lowest BCUT2D eigenvalue weighted by molar-refractivity contribution is 0.104. The number of nitriles is 1. The SMILES string of the molecule is CSC(=NC(C)(C)C)c1sc(C(=O)c2ccccc2)c(N)c1C#N. The summed E-state index contributed by atoms with van der Waals surface area (Å²) in [5.74, 6) is -0.169. The molecule has 0 radical (unpaired) electrons. The van der Waals surface area contributed by atoms with Crippen molar-refractivity contribution in [3.05, 3.63) is 51.2 Å². The van der Waals surface area contributed by atoms with Gasteiger partial charge in [-0.3, -0.25) is 9.79 Å². The first-order valence-corrected chi connectivity index (χ1v) is 9.39. The number of aliphatic imine (C=N–C) groups is 1. The Morgan fingerprint density at radius 2 is 1.88 bits per heavy atom. The first kappa shape index (κ1) is 18.2. The predicted molar refractivity (Wildman–Crippen MR) is 103 cm³/mol. The molecule has 0 spiro atoms. The number of thiophene rings is 1. The van der Waals surface area contributed by atoms with Crippen molar-refractivity contribution in [1.29, 1.82) is 5.26 Å². The molecular weight excluding hydrogens is 338 g/mol. The Labute approximate surface area is 150 Å². The lowest BCUT2D eigenvalue weighted by Crippen LogP contribution is -2.13. The van der Waals surface area contributed by atoms with Gasteiger partial charge in [-0.15, -0.1) is 23.1 Å². The fourth-order valence-corrected chi connectivity index (χ4v) is 4.13. The van der Waals surface area contributed by atoms with Gasteiger partial charge >= 0.3 is 0 Å². The Bertz CT molecular complexity index is 824. The largest absolute Gasteiger partial charge is 0.396 e. The van der Waals surface area contributed by atoms with Crippen molar-refractivity contribution in [2.24, 2.45) is 4.99 Å². The molecule has 0 atom stereocenters. The van der Waals surface area contributed by atoms with Gasteiger partial charge in [0.2, 0.25) is 5.78 Å². The maximum atomic E-state index is 12.7. The van der Waals surface area contributed by atoms with E-state index in [1.807, 2.05) is 33.1 Å². The van der Waals surface area contributed by atoms with Gasteiger partial charge in [0.05, 0.1) is 21.7 Å². The predicted octanol–water partition coefficient (Wildman–Crippen LogP) is 4.34. The Kier molecular flexibility index (Phi) is 5.47. The van der Waals surface area contributed by atoms with Gasteiger partial charge in [-0.1, -0.05) is 30.3 Å². The van der Waals surface area contributed by atoms with Gasteiger partial charge in [0.15, 0.2) is 0 Å². The Hall–Kier alpha value is -2.10. The van der Waals surface area contributed by atoms with Crippen molar-refractivity contribution in [3.63, 3.8) is 0 Å². The number of carbonyl (C=O) groups excluding carboxylic acids is 1. The Morgan fingerprint density at radius 3 is 2.38 bits per heavy atom. The summed E-state index contributed by atoms with van der Waals surface area (Å²) in [6, 6.07) is 11.1. The van der Waals surface area contributed by atoms with E-state index >= 15 is 0 Å². The molecule has 0 aliphatic rings. The highest BCUT2D eigenvalue weighted by Crippen LogP contribution is 2.35. The average Bonchev–Trinajstić information content (AvgIpc) is 2.88. The lowest BCUT2D eigenvalue weighted by Gasteiger charge is -2.14. The van der Waals surface area contributed by atoms with E-state index in [9.17, 15) is 10.1 Å². The van der Waals surface area contributed by atoms with Gasteiger partial charge in [0.1, 0.15) is 16.0 Å². The molecule has 0 bridgehead atoms.